The van der Waals surface area contributed by atoms with E-state index in [0.29, 0.717) is 5.22 Å². The van der Waals surface area contributed by atoms with Crippen LogP contribution in [-0.2, 0) is 0 Å². The van der Waals surface area contributed by atoms with Crippen molar-refractivity contribution in [2.24, 2.45) is 5.73 Å². The van der Waals surface area contributed by atoms with Gasteiger partial charge in [0.15, 0.2) is 0 Å². The first-order chi connectivity index (χ1) is 8.47. The highest BCUT2D eigenvalue weighted by Crippen LogP contribution is 2.32. The zero-order valence-corrected chi connectivity index (χ0v) is 12.9. The fourth-order valence-corrected chi connectivity index (χ4v) is 3.28. The number of oxazole rings is 1. The van der Waals surface area contributed by atoms with Crippen molar-refractivity contribution in [1.29, 1.82) is 0 Å². The van der Waals surface area contributed by atoms with Gasteiger partial charge in [-0.2, -0.15) is 0 Å². The van der Waals surface area contributed by atoms with Crippen molar-refractivity contribution in [2.75, 3.05) is 0 Å². The molecule has 18 heavy (non-hydrogen) atoms. The Labute approximate surface area is 119 Å². The van der Waals surface area contributed by atoms with Crippen LogP contribution in [0.2, 0.25) is 0 Å². The Hall–Kier alpha value is -0.780. The molecule has 0 fully saturated rings. The number of hydrogen-bond donors (Lipinski definition) is 1. The lowest BCUT2D eigenvalue weighted by Crippen LogP contribution is -2.05. The van der Waals surface area contributed by atoms with Gasteiger partial charge in [-0.1, -0.05) is 22.0 Å². The van der Waals surface area contributed by atoms with Crippen LogP contribution in [0.25, 0.3) is 0 Å². The fraction of sp³-hybridized carbons (Fsp3) is 0.308. The molecule has 0 unspecified atom stereocenters. The Morgan fingerprint density at radius 1 is 1.39 bits per heavy atom. The number of halogens is 1. The highest BCUT2D eigenvalue weighted by Gasteiger charge is 2.10. The summed E-state index contributed by atoms with van der Waals surface area (Å²) in [5, 5.41) is 0.672. The SMILES string of the molecule is Cc1nc(Sc2ccc([C@@H](C)N)c(Br)c2)oc1C. The molecule has 0 radical (unpaired) electrons. The maximum atomic E-state index is 5.87. The van der Waals surface area contributed by atoms with Crippen molar-refractivity contribution in [3.63, 3.8) is 0 Å². The second kappa shape index (κ2) is 5.47. The van der Waals surface area contributed by atoms with E-state index in [2.05, 4.69) is 20.9 Å². The summed E-state index contributed by atoms with van der Waals surface area (Å²) < 4.78 is 6.56. The highest BCUT2D eigenvalue weighted by molar-refractivity contribution is 9.10. The average Bonchev–Trinajstić information content (AvgIpc) is 2.57. The Morgan fingerprint density at radius 2 is 2.11 bits per heavy atom. The van der Waals surface area contributed by atoms with Crippen LogP contribution >= 0.6 is 27.7 Å². The van der Waals surface area contributed by atoms with E-state index in [4.69, 9.17) is 10.2 Å². The standard InChI is InChI=1S/C13H15BrN2OS/c1-7(15)11-5-4-10(6-12(11)14)18-13-16-8(2)9(3)17-13/h4-7H,15H2,1-3H3/t7-/m1/s1. The van der Waals surface area contributed by atoms with E-state index in [0.717, 1.165) is 26.4 Å². The van der Waals surface area contributed by atoms with Crippen molar-refractivity contribution in [1.82, 2.24) is 4.98 Å². The predicted octanol–water partition coefficient (Wildman–Crippen LogP) is 4.22. The van der Waals surface area contributed by atoms with Gasteiger partial charge >= 0.3 is 0 Å². The van der Waals surface area contributed by atoms with Crippen LogP contribution < -0.4 is 5.73 Å². The normalized spacial score (nSPS) is 12.7. The van der Waals surface area contributed by atoms with Gasteiger partial charge in [-0.25, -0.2) is 4.98 Å². The molecular weight excluding hydrogens is 312 g/mol. The van der Waals surface area contributed by atoms with Crippen molar-refractivity contribution in [3.8, 4) is 0 Å². The zero-order valence-electron chi connectivity index (χ0n) is 10.5. The minimum atomic E-state index is 0.0182. The molecule has 0 aliphatic carbocycles. The molecule has 5 heteroatoms. The number of rotatable bonds is 3. The van der Waals surface area contributed by atoms with Crippen LogP contribution in [0.3, 0.4) is 0 Å². The fourth-order valence-electron chi connectivity index (χ4n) is 1.53. The minimum absolute atomic E-state index is 0.0182. The van der Waals surface area contributed by atoms with Crippen LogP contribution in [-0.4, -0.2) is 4.98 Å². The summed E-state index contributed by atoms with van der Waals surface area (Å²) in [6.07, 6.45) is 0. The summed E-state index contributed by atoms with van der Waals surface area (Å²) in [5.41, 5.74) is 7.90. The quantitative estimate of drug-likeness (QED) is 0.917. The van der Waals surface area contributed by atoms with Gasteiger partial charge in [0.1, 0.15) is 5.76 Å². The number of hydrogen-bond acceptors (Lipinski definition) is 4. The van der Waals surface area contributed by atoms with E-state index in [1.807, 2.05) is 39.0 Å². The number of aromatic nitrogens is 1. The molecule has 2 rings (SSSR count). The minimum Gasteiger partial charge on any atom is -0.436 e. The van der Waals surface area contributed by atoms with Gasteiger partial charge in [0.25, 0.3) is 5.22 Å². The lowest BCUT2D eigenvalue weighted by atomic mass is 10.1. The van der Waals surface area contributed by atoms with E-state index in [9.17, 15) is 0 Å². The molecule has 0 aliphatic heterocycles. The topological polar surface area (TPSA) is 52.0 Å². The Bertz CT molecular complexity index is 547. The summed E-state index contributed by atoms with van der Waals surface area (Å²) in [7, 11) is 0. The molecule has 1 heterocycles. The predicted molar refractivity (Wildman–Crippen MR) is 76.8 cm³/mol. The van der Waals surface area contributed by atoms with Gasteiger partial charge in [0, 0.05) is 15.4 Å². The van der Waals surface area contributed by atoms with E-state index >= 15 is 0 Å². The molecular formula is C13H15BrN2OS. The maximum absolute atomic E-state index is 5.87. The van der Waals surface area contributed by atoms with Gasteiger partial charge in [-0.05, 0) is 50.2 Å². The van der Waals surface area contributed by atoms with Crippen molar-refractivity contribution in [2.45, 2.75) is 36.9 Å². The lowest BCUT2D eigenvalue weighted by molar-refractivity contribution is 0.431. The van der Waals surface area contributed by atoms with E-state index in [-0.39, 0.29) is 6.04 Å². The second-order valence-corrected chi connectivity index (χ2v) is 6.07. The van der Waals surface area contributed by atoms with Crippen molar-refractivity contribution < 1.29 is 4.42 Å². The molecule has 1 aromatic carbocycles. The lowest BCUT2D eigenvalue weighted by Gasteiger charge is -2.09. The molecule has 2 N–H and O–H groups in total. The summed E-state index contributed by atoms with van der Waals surface area (Å²) in [5.74, 6) is 0.865. The molecule has 96 valence electrons. The molecule has 1 atom stereocenters. The van der Waals surface area contributed by atoms with Crippen molar-refractivity contribution >= 4 is 27.7 Å². The first kappa shape index (κ1) is 13.6. The smallest absolute Gasteiger partial charge is 0.260 e. The van der Waals surface area contributed by atoms with Gasteiger partial charge < -0.3 is 10.2 Å². The molecule has 1 aromatic heterocycles. The van der Waals surface area contributed by atoms with E-state index in [1.165, 1.54) is 11.8 Å². The first-order valence-electron chi connectivity index (χ1n) is 5.64. The van der Waals surface area contributed by atoms with Crippen LogP contribution in [0.15, 0.2) is 37.2 Å². The summed E-state index contributed by atoms with van der Waals surface area (Å²) in [6.45, 7) is 5.83. The zero-order chi connectivity index (χ0) is 13.3. The van der Waals surface area contributed by atoms with Crippen LogP contribution in [0, 0.1) is 13.8 Å². The number of aryl methyl sites for hydroxylation is 2. The monoisotopic (exact) mass is 326 g/mol. The molecule has 0 bridgehead atoms. The average molecular weight is 327 g/mol. The van der Waals surface area contributed by atoms with Gasteiger partial charge in [0.05, 0.1) is 5.69 Å². The summed E-state index contributed by atoms with van der Waals surface area (Å²) >= 11 is 5.04. The first-order valence-corrected chi connectivity index (χ1v) is 7.25. The number of benzene rings is 1. The van der Waals surface area contributed by atoms with E-state index < -0.39 is 0 Å². The molecule has 0 saturated carbocycles. The van der Waals surface area contributed by atoms with Gasteiger partial charge in [0.2, 0.25) is 0 Å². The van der Waals surface area contributed by atoms with Gasteiger partial charge in [-0.15, -0.1) is 0 Å². The van der Waals surface area contributed by atoms with Crippen LogP contribution in [0.4, 0.5) is 0 Å². The van der Waals surface area contributed by atoms with Crippen molar-refractivity contribution in [3.05, 3.63) is 39.7 Å². The Balaban J connectivity index is 2.22. The van der Waals surface area contributed by atoms with Crippen LogP contribution in [0.1, 0.15) is 30.0 Å². The molecule has 0 saturated heterocycles. The maximum Gasteiger partial charge on any atom is 0.260 e. The summed E-state index contributed by atoms with van der Waals surface area (Å²) in [4.78, 5) is 5.43. The molecule has 2 aromatic rings. The van der Waals surface area contributed by atoms with Gasteiger partial charge in [-0.3, -0.25) is 0 Å². The Kier molecular flexibility index (Phi) is 4.14. The van der Waals surface area contributed by atoms with Crippen LogP contribution in [0.5, 0.6) is 0 Å². The molecule has 0 aliphatic rings. The number of nitrogens with zero attached hydrogens (tertiary/aromatic N) is 1. The summed E-state index contributed by atoms with van der Waals surface area (Å²) in [6, 6.07) is 6.12. The highest BCUT2D eigenvalue weighted by atomic mass is 79.9. The molecule has 0 spiro atoms. The molecule has 3 nitrogen and oxygen atoms in total. The third kappa shape index (κ3) is 2.96. The largest absolute Gasteiger partial charge is 0.436 e. The molecule has 0 amide bonds. The van der Waals surface area contributed by atoms with E-state index in [1.54, 1.807) is 0 Å². The second-order valence-electron chi connectivity index (χ2n) is 4.20. The Morgan fingerprint density at radius 3 is 2.61 bits per heavy atom. The third-order valence-electron chi connectivity index (χ3n) is 2.68. The third-order valence-corrected chi connectivity index (χ3v) is 4.20. The number of nitrogens with two attached hydrogens (primary N) is 1.